The number of halogens is 3. The quantitative estimate of drug-likeness (QED) is 0.295. The monoisotopic (exact) mass is 576 g/mol. The van der Waals surface area contributed by atoms with Gasteiger partial charge in [-0.1, -0.05) is 19.9 Å². The van der Waals surface area contributed by atoms with Crippen LogP contribution in [0.4, 0.5) is 20.2 Å². The van der Waals surface area contributed by atoms with Gasteiger partial charge in [-0.05, 0) is 70.2 Å². The van der Waals surface area contributed by atoms with Crippen LogP contribution in [0.5, 0.6) is 17.2 Å². The summed E-state index contributed by atoms with van der Waals surface area (Å²) in [7, 11) is -3.79. The molecule has 0 spiro atoms. The van der Waals surface area contributed by atoms with Crippen molar-refractivity contribution < 1.29 is 27.0 Å². The number of phenols is 1. The van der Waals surface area contributed by atoms with Crippen molar-refractivity contribution in [3.05, 3.63) is 86.9 Å². The number of para-hydroxylation sites is 1. The van der Waals surface area contributed by atoms with Crippen LogP contribution >= 0.6 is 15.9 Å². The maximum atomic E-state index is 15.6. The highest BCUT2D eigenvalue weighted by Crippen LogP contribution is 2.48. The molecule has 188 valence electrons. The van der Waals surface area contributed by atoms with Gasteiger partial charge in [0.1, 0.15) is 34.6 Å². The van der Waals surface area contributed by atoms with E-state index in [9.17, 15) is 17.9 Å². The minimum absolute atomic E-state index is 0.0475. The molecular formula is C26H23BrF2N2O4S. The summed E-state index contributed by atoms with van der Waals surface area (Å²) in [4.78, 5) is 0.0475. The van der Waals surface area contributed by atoms with Crippen LogP contribution in [-0.4, -0.2) is 19.3 Å². The number of fused-ring (bicyclic) bond motifs is 1. The molecule has 10 heteroatoms. The third-order valence-electron chi connectivity index (χ3n) is 6.15. The van der Waals surface area contributed by atoms with Gasteiger partial charge >= 0.3 is 0 Å². The van der Waals surface area contributed by atoms with Crippen LogP contribution in [-0.2, 0) is 9.84 Å². The van der Waals surface area contributed by atoms with E-state index in [4.69, 9.17) is 4.74 Å². The van der Waals surface area contributed by atoms with E-state index < -0.39 is 32.9 Å². The largest absolute Gasteiger partial charge is 0.506 e. The van der Waals surface area contributed by atoms with Crippen molar-refractivity contribution in [3.63, 3.8) is 0 Å². The zero-order chi connectivity index (χ0) is 25.8. The molecule has 0 fully saturated rings. The van der Waals surface area contributed by atoms with Crippen molar-refractivity contribution in [1.82, 2.24) is 0 Å². The number of phenolic OH excluding ortho intramolecular Hbond substituents is 1. The van der Waals surface area contributed by atoms with Crippen LogP contribution < -0.4 is 15.4 Å². The Morgan fingerprint density at radius 2 is 1.89 bits per heavy atom. The summed E-state index contributed by atoms with van der Waals surface area (Å²) >= 11 is 3.22. The zero-order valence-electron chi connectivity index (χ0n) is 19.4. The highest BCUT2D eigenvalue weighted by atomic mass is 79.9. The van der Waals surface area contributed by atoms with E-state index in [0.29, 0.717) is 33.7 Å². The van der Waals surface area contributed by atoms with E-state index in [0.717, 1.165) is 6.07 Å². The fourth-order valence-electron chi connectivity index (χ4n) is 4.73. The Kier molecular flexibility index (Phi) is 5.99. The van der Waals surface area contributed by atoms with Crippen LogP contribution in [0.25, 0.3) is 0 Å². The molecule has 1 unspecified atom stereocenters. The lowest BCUT2D eigenvalue weighted by Gasteiger charge is -2.34. The van der Waals surface area contributed by atoms with Gasteiger partial charge in [-0.25, -0.2) is 17.2 Å². The van der Waals surface area contributed by atoms with Crippen LogP contribution in [0.15, 0.2) is 69.7 Å². The Balaban J connectivity index is 1.61. The Morgan fingerprint density at radius 1 is 1.11 bits per heavy atom. The molecule has 3 N–H and O–H groups in total. The van der Waals surface area contributed by atoms with E-state index in [2.05, 4.69) is 26.6 Å². The van der Waals surface area contributed by atoms with E-state index in [1.807, 2.05) is 13.8 Å². The molecule has 0 aliphatic carbocycles. The molecule has 1 atom stereocenters. The number of rotatable bonds is 3. The molecule has 0 saturated heterocycles. The number of ether oxygens (including phenoxy) is 1. The summed E-state index contributed by atoms with van der Waals surface area (Å²) in [6.07, 6.45) is 0.398. The van der Waals surface area contributed by atoms with E-state index in [1.54, 1.807) is 12.1 Å². The molecule has 3 aromatic carbocycles. The molecule has 2 heterocycles. The molecule has 36 heavy (non-hydrogen) atoms. The highest BCUT2D eigenvalue weighted by molar-refractivity contribution is 9.10. The Labute approximate surface area is 216 Å². The van der Waals surface area contributed by atoms with Crippen LogP contribution in [0.1, 0.15) is 31.9 Å². The first-order valence-electron chi connectivity index (χ1n) is 11.2. The lowest BCUT2D eigenvalue weighted by atomic mass is 9.88. The second-order valence-corrected chi connectivity index (χ2v) is 12.5. The number of anilines is 2. The third kappa shape index (κ3) is 4.55. The van der Waals surface area contributed by atoms with Crippen molar-refractivity contribution in [3.8, 4) is 17.2 Å². The van der Waals surface area contributed by atoms with Crippen molar-refractivity contribution in [1.29, 1.82) is 0 Å². The van der Waals surface area contributed by atoms with Crippen LogP contribution in [0.3, 0.4) is 0 Å². The molecule has 0 amide bonds. The van der Waals surface area contributed by atoms with Gasteiger partial charge in [0.15, 0.2) is 9.84 Å². The van der Waals surface area contributed by atoms with Crippen LogP contribution in [0.2, 0.25) is 0 Å². The predicted octanol–water partition coefficient (Wildman–Crippen LogP) is 6.86. The molecule has 0 aromatic heterocycles. The average Bonchev–Trinajstić information content (AvgIpc) is 2.92. The van der Waals surface area contributed by atoms with Crippen molar-refractivity contribution in [2.24, 2.45) is 5.41 Å². The van der Waals surface area contributed by atoms with Gasteiger partial charge in [0, 0.05) is 17.3 Å². The molecule has 5 rings (SSSR count). The van der Waals surface area contributed by atoms with Gasteiger partial charge in [0.05, 0.1) is 26.9 Å². The predicted molar refractivity (Wildman–Crippen MR) is 138 cm³/mol. The van der Waals surface area contributed by atoms with Gasteiger partial charge in [0.2, 0.25) is 0 Å². The standard InChI is InChI=1S/C26H23BrF2N2O4S/c1-26(2)12-20-25(36(33,34)13-26)23(30-19-4-3-5-21(32)24(19)31-20)16-8-7-15(11-18(16)29)35-22-9-6-14(28)10-17(22)27/h3-11,23,30-32H,12-13H2,1-2H3. The summed E-state index contributed by atoms with van der Waals surface area (Å²) in [5.74, 6) is -0.818. The molecule has 2 aliphatic rings. The van der Waals surface area contributed by atoms with Crippen molar-refractivity contribution in [2.45, 2.75) is 26.3 Å². The summed E-state index contributed by atoms with van der Waals surface area (Å²) in [5.41, 5.74) is 0.746. The molecule has 0 saturated carbocycles. The van der Waals surface area contributed by atoms with Gasteiger partial charge in [-0.3, -0.25) is 0 Å². The van der Waals surface area contributed by atoms with Crippen molar-refractivity contribution in [2.75, 3.05) is 16.4 Å². The average molecular weight is 577 g/mol. The zero-order valence-corrected chi connectivity index (χ0v) is 21.8. The van der Waals surface area contributed by atoms with Gasteiger partial charge in [-0.2, -0.15) is 0 Å². The molecule has 0 radical (unpaired) electrons. The first-order chi connectivity index (χ1) is 16.9. The second kappa shape index (κ2) is 8.77. The van der Waals surface area contributed by atoms with Gasteiger partial charge in [0.25, 0.3) is 0 Å². The lowest BCUT2D eigenvalue weighted by Crippen LogP contribution is -2.35. The molecule has 6 nitrogen and oxygen atoms in total. The SMILES string of the molecule is CC1(C)CC2=C(C(c3ccc(Oc4ccc(F)cc4Br)cc3F)Nc3cccc(O)c3N2)S(=O)(=O)C1. The van der Waals surface area contributed by atoms with Crippen molar-refractivity contribution >= 4 is 37.1 Å². The molecule has 2 aliphatic heterocycles. The number of nitrogens with one attached hydrogen (secondary N) is 2. The number of benzene rings is 3. The fraction of sp³-hybridized carbons (Fsp3) is 0.231. The summed E-state index contributed by atoms with van der Waals surface area (Å²) in [5, 5.41) is 16.7. The normalized spacial score (nSPS) is 19.9. The smallest absolute Gasteiger partial charge is 0.179 e. The van der Waals surface area contributed by atoms with E-state index in [-0.39, 0.29) is 27.7 Å². The molecule has 3 aromatic rings. The van der Waals surface area contributed by atoms with Gasteiger partial charge in [-0.15, -0.1) is 0 Å². The first-order valence-corrected chi connectivity index (χ1v) is 13.6. The van der Waals surface area contributed by atoms with Crippen LogP contribution in [0, 0.1) is 17.0 Å². The number of aromatic hydroxyl groups is 1. The van der Waals surface area contributed by atoms with E-state index in [1.165, 1.54) is 36.4 Å². The maximum Gasteiger partial charge on any atom is 0.179 e. The topological polar surface area (TPSA) is 87.7 Å². The number of sulfone groups is 1. The Bertz CT molecular complexity index is 1520. The second-order valence-electron chi connectivity index (χ2n) is 9.71. The molecule has 0 bridgehead atoms. The maximum absolute atomic E-state index is 15.6. The third-order valence-corrected chi connectivity index (χ3v) is 9.09. The van der Waals surface area contributed by atoms with Gasteiger partial charge < -0.3 is 20.5 Å². The van der Waals surface area contributed by atoms with E-state index >= 15 is 4.39 Å². The minimum Gasteiger partial charge on any atom is -0.506 e. The Hall–Kier alpha value is -3.11. The summed E-state index contributed by atoms with van der Waals surface area (Å²) in [6.45, 7) is 3.71. The first kappa shape index (κ1) is 24.6. The Morgan fingerprint density at radius 3 is 2.61 bits per heavy atom. The lowest BCUT2D eigenvalue weighted by molar-refractivity contribution is 0.400. The minimum atomic E-state index is -3.79. The summed E-state index contributed by atoms with van der Waals surface area (Å²) < 4.78 is 62.1. The summed E-state index contributed by atoms with van der Waals surface area (Å²) in [6, 6.07) is 11.8. The molecular weight excluding hydrogens is 554 g/mol. The number of hydrogen-bond acceptors (Lipinski definition) is 6. The fourth-order valence-corrected chi connectivity index (χ4v) is 7.49. The highest BCUT2D eigenvalue weighted by Gasteiger charge is 2.43. The number of allylic oxidation sites excluding steroid dienone is 1. The number of hydrogen-bond donors (Lipinski definition) is 3.